The Bertz CT molecular complexity index is 483. The lowest BCUT2D eigenvalue weighted by Gasteiger charge is -2.19. The van der Waals surface area contributed by atoms with Crippen LogP contribution in [0.1, 0.15) is 44.9 Å². The van der Waals surface area contributed by atoms with Crippen molar-refractivity contribution in [3.63, 3.8) is 0 Å². The van der Waals surface area contributed by atoms with Gasteiger partial charge in [0.05, 0.1) is 6.04 Å². The molecule has 21 heavy (non-hydrogen) atoms. The quantitative estimate of drug-likeness (QED) is 0.750. The van der Waals surface area contributed by atoms with Gasteiger partial charge in [0.1, 0.15) is 0 Å². The number of nitrogens with two attached hydrogens (primary N) is 1. The standard InChI is InChI=1S/C16H25N3O2/c1-10(2)9-13-5-7-14(8-6-13)11(3)18-12(4)15(20)19-16(17)21/h5-8,10-12,18H,9H2,1-4H3,(H3,17,19,20,21)/t11-,12-/m0/s1. The van der Waals surface area contributed by atoms with E-state index in [1.54, 1.807) is 6.92 Å². The van der Waals surface area contributed by atoms with Gasteiger partial charge in [-0.15, -0.1) is 0 Å². The summed E-state index contributed by atoms with van der Waals surface area (Å²) in [7, 11) is 0. The van der Waals surface area contributed by atoms with Crippen molar-refractivity contribution >= 4 is 11.9 Å². The van der Waals surface area contributed by atoms with Crippen LogP contribution in [0, 0.1) is 5.92 Å². The number of nitrogens with one attached hydrogen (secondary N) is 2. The fourth-order valence-corrected chi connectivity index (χ4v) is 2.19. The average Bonchev–Trinajstić information content (AvgIpc) is 2.37. The maximum Gasteiger partial charge on any atom is 0.318 e. The number of primary amides is 1. The third-order valence-corrected chi connectivity index (χ3v) is 3.26. The van der Waals surface area contributed by atoms with Crippen molar-refractivity contribution < 1.29 is 9.59 Å². The number of urea groups is 1. The molecule has 0 heterocycles. The Balaban J connectivity index is 2.60. The van der Waals surface area contributed by atoms with Crippen LogP contribution in [0.25, 0.3) is 0 Å². The number of imide groups is 1. The number of rotatable bonds is 6. The van der Waals surface area contributed by atoms with E-state index in [-0.39, 0.29) is 6.04 Å². The monoisotopic (exact) mass is 291 g/mol. The minimum absolute atomic E-state index is 0.00623. The first kappa shape index (κ1) is 17.2. The smallest absolute Gasteiger partial charge is 0.318 e. The second-order valence-corrected chi connectivity index (χ2v) is 5.80. The lowest BCUT2D eigenvalue weighted by molar-refractivity contribution is -0.121. The molecule has 1 aromatic rings. The number of hydrogen-bond acceptors (Lipinski definition) is 3. The van der Waals surface area contributed by atoms with Crippen LogP contribution < -0.4 is 16.4 Å². The minimum atomic E-state index is -0.834. The van der Waals surface area contributed by atoms with Gasteiger partial charge >= 0.3 is 6.03 Å². The van der Waals surface area contributed by atoms with Crippen molar-refractivity contribution in [1.29, 1.82) is 0 Å². The van der Waals surface area contributed by atoms with Gasteiger partial charge in [0, 0.05) is 6.04 Å². The van der Waals surface area contributed by atoms with Gasteiger partial charge in [0.15, 0.2) is 0 Å². The molecule has 0 aliphatic carbocycles. The van der Waals surface area contributed by atoms with Crippen molar-refractivity contribution in [1.82, 2.24) is 10.6 Å². The van der Waals surface area contributed by atoms with E-state index in [0.717, 1.165) is 12.0 Å². The minimum Gasteiger partial charge on any atom is -0.351 e. The molecule has 0 saturated carbocycles. The van der Waals surface area contributed by atoms with Crippen LogP contribution >= 0.6 is 0 Å². The first-order valence-corrected chi connectivity index (χ1v) is 7.24. The maximum absolute atomic E-state index is 11.6. The zero-order chi connectivity index (χ0) is 16.0. The van der Waals surface area contributed by atoms with E-state index in [4.69, 9.17) is 5.73 Å². The molecule has 0 aliphatic rings. The Kier molecular flexibility index (Phi) is 6.37. The molecule has 1 aromatic carbocycles. The molecule has 0 aromatic heterocycles. The second kappa shape index (κ2) is 7.78. The average molecular weight is 291 g/mol. The molecule has 3 amide bonds. The Labute approximate surface area is 126 Å². The summed E-state index contributed by atoms with van der Waals surface area (Å²) in [5.74, 6) is 0.203. The molecule has 0 saturated heterocycles. The van der Waals surface area contributed by atoms with Crippen LogP contribution in [-0.2, 0) is 11.2 Å². The first-order chi connectivity index (χ1) is 9.79. The molecule has 0 spiro atoms. The molecule has 5 heteroatoms. The van der Waals surface area contributed by atoms with Crippen molar-refractivity contribution in [2.45, 2.75) is 46.2 Å². The molecule has 1 rings (SSSR count). The van der Waals surface area contributed by atoms with Crippen molar-refractivity contribution in [2.75, 3.05) is 0 Å². The fourth-order valence-electron chi connectivity index (χ4n) is 2.19. The van der Waals surface area contributed by atoms with E-state index in [2.05, 4.69) is 48.7 Å². The third-order valence-electron chi connectivity index (χ3n) is 3.26. The number of amides is 3. The molecular formula is C16H25N3O2. The summed E-state index contributed by atoms with van der Waals surface area (Å²) < 4.78 is 0. The maximum atomic E-state index is 11.6. The lowest BCUT2D eigenvalue weighted by Crippen LogP contribution is -2.47. The van der Waals surface area contributed by atoms with Gasteiger partial charge in [-0.1, -0.05) is 38.1 Å². The molecule has 4 N–H and O–H groups in total. The summed E-state index contributed by atoms with van der Waals surface area (Å²) in [6.07, 6.45) is 1.06. The molecule has 5 nitrogen and oxygen atoms in total. The highest BCUT2D eigenvalue weighted by molar-refractivity contribution is 5.96. The van der Waals surface area contributed by atoms with Crippen LogP contribution in [0.5, 0.6) is 0 Å². The second-order valence-electron chi connectivity index (χ2n) is 5.80. The van der Waals surface area contributed by atoms with Gasteiger partial charge in [-0.05, 0) is 37.3 Å². The Morgan fingerprint density at radius 1 is 1.10 bits per heavy atom. The summed E-state index contributed by atoms with van der Waals surface area (Å²) in [6, 6.07) is 7.03. The van der Waals surface area contributed by atoms with Gasteiger partial charge in [-0.2, -0.15) is 0 Å². The predicted molar refractivity (Wildman–Crippen MR) is 83.7 cm³/mol. The Hall–Kier alpha value is -1.88. The fraction of sp³-hybridized carbons (Fsp3) is 0.500. The highest BCUT2D eigenvalue weighted by atomic mass is 16.2. The number of hydrogen-bond donors (Lipinski definition) is 3. The highest BCUT2D eigenvalue weighted by Crippen LogP contribution is 2.16. The van der Waals surface area contributed by atoms with Crippen LogP contribution in [0.2, 0.25) is 0 Å². The molecule has 116 valence electrons. The number of benzene rings is 1. The summed E-state index contributed by atoms with van der Waals surface area (Å²) in [5.41, 5.74) is 7.34. The zero-order valence-corrected chi connectivity index (χ0v) is 13.1. The summed E-state index contributed by atoms with van der Waals surface area (Å²) in [6.45, 7) is 8.06. The largest absolute Gasteiger partial charge is 0.351 e. The predicted octanol–water partition coefficient (Wildman–Crippen LogP) is 2.12. The number of carbonyl (C=O) groups excluding carboxylic acids is 2. The van der Waals surface area contributed by atoms with Gasteiger partial charge in [0.25, 0.3) is 0 Å². The van der Waals surface area contributed by atoms with E-state index in [9.17, 15) is 9.59 Å². The molecule has 0 bridgehead atoms. The first-order valence-electron chi connectivity index (χ1n) is 7.24. The third kappa shape index (κ3) is 5.95. The molecule has 0 radical (unpaired) electrons. The van der Waals surface area contributed by atoms with Crippen LogP contribution in [0.3, 0.4) is 0 Å². The molecule has 0 aliphatic heterocycles. The van der Waals surface area contributed by atoms with Gasteiger partial charge in [-0.25, -0.2) is 4.79 Å². The summed E-state index contributed by atoms with van der Waals surface area (Å²) >= 11 is 0. The molecule has 2 atom stereocenters. The summed E-state index contributed by atoms with van der Waals surface area (Å²) in [5, 5.41) is 5.21. The Morgan fingerprint density at radius 2 is 1.67 bits per heavy atom. The van der Waals surface area contributed by atoms with E-state index >= 15 is 0 Å². The molecule has 0 unspecified atom stereocenters. The van der Waals surface area contributed by atoms with E-state index < -0.39 is 18.0 Å². The lowest BCUT2D eigenvalue weighted by atomic mass is 9.99. The van der Waals surface area contributed by atoms with Crippen molar-refractivity contribution in [3.05, 3.63) is 35.4 Å². The highest BCUT2D eigenvalue weighted by Gasteiger charge is 2.17. The molecule has 0 fully saturated rings. The van der Waals surface area contributed by atoms with E-state index in [1.165, 1.54) is 5.56 Å². The zero-order valence-electron chi connectivity index (χ0n) is 13.1. The van der Waals surface area contributed by atoms with Crippen molar-refractivity contribution in [3.8, 4) is 0 Å². The van der Waals surface area contributed by atoms with Gasteiger partial charge < -0.3 is 5.73 Å². The number of carbonyl (C=O) groups is 2. The van der Waals surface area contributed by atoms with Crippen molar-refractivity contribution in [2.24, 2.45) is 11.7 Å². The van der Waals surface area contributed by atoms with Crippen LogP contribution in [0.15, 0.2) is 24.3 Å². The van der Waals surface area contributed by atoms with Crippen LogP contribution in [0.4, 0.5) is 4.79 Å². The Morgan fingerprint density at radius 3 is 2.14 bits per heavy atom. The topological polar surface area (TPSA) is 84.2 Å². The molecular weight excluding hydrogens is 266 g/mol. The summed E-state index contributed by atoms with van der Waals surface area (Å²) in [4.78, 5) is 22.3. The van der Waals surface area contributed by atoms with Gasteiger partial charge in [-0.3, -0.25) is 15.4 Å². The van der Waals surface area contributed by atoms with Gasteiger partial charge in [0.2, 0.25) is 5.91 Å². The van der Waals surface area contributed by atoms with Crippen LogP contribution in [-0.4, -0.2) is 18.0 Å². The SMILES string of the molecule is CC(C)Cc1ccc([C@H](C)N[C@@H](C)C(=O)NC(N)=O)cc1. The van der Waals surface area contributed by atoms with E-state index in [0.29, 0.717) is 5.92 Å². The van der Waals surface area contributed by atoms with E-state index in [1.807, 2.05) is 6.92 Å². The normalized spacial score (nSPS) is 13.8.